The van der Waals surface area contributed by atoms with Gasteiger partial charge in [0.15, 0.2) is 5.75 Å². The summed E-state index contributed by atoms with van der Waals surface area (Å²) in [7, 11) is 0. The van der Waals surface area contributed by atoms with Crippen LogP contribution in [0.25, 0.3) is 11.1 Å². The molecule has 21 heavy (non-hydrogen) atoms. The fraction of sp³-hybridized carbons (Fsp3) is 0.133. The highest BCUT2D eigenvalue weighted by Gasteiger charge is 2.13. The molecule has 0 atom stereocenters. The minimum atomic E-state index is -0.535. The molecule has 0 aliphatic carbocycles. The van der Waals surface area contributed by atoms with Gasteiger partial charge in [-0.25, -0.2) is 4.79 Å². The summed E-state index contributed by atoms with van der Waals surface area (Å²) in [5.74, 6) is -0.133. The van der Waals surface area contributed by atoms with Crippen LogP contribution in [0, 0.1) is 0 Å². The maximum absolute atomic E-state index is 10.9. The molecule has 0 N–H and O–H groups in total. The molecule has 3 nitrogen and oxygen atoms in total. The van der Waals surface area contributed by atoms with Crippen LogP contribution >= 0.6 is 39.1 Å². The fourth-order valence-corrected chi connectivity index (χ4v) is 2.61. The molecule has 2 rings (SSSR count). The van der Waals surface area contributed by atoms with Gasteiger partial charge in [0.1, 0.15) is 0 Å². The summed E-state index contributed by atoms with van der Waals surface area (Å²) in [5, 5.41) is 1.71. The van der Waals surface area contributed by atoms with Crippen LogP contribution in [0.15, 0.2) is 36.4 Å². The van der Waals surface area contributed by atoms with Gasteiger partial charge in [0.25, 0.3) is 0 Å². The summed E-state index contributed by atoms with van der Waals surface area (Å²) in [5.41, 5.74) is 2.49. The van der Waals surface area contributed by atoms with Gasteiger partial charge < -0.3 is 0 Å². The highest BCUT2D eigenvalue weighted by atomic mass is 79.9. The van der Waals surface area contributed by atoms with Crippen LogP contribution in [0.1, 0.15) is 12.5 Å². The largest absolute Gasteiger partial charge is 0.352 e. The number of benzene rings is 2. The average molecular weight is 390 g/mol. The molecule has 0 heterocycles. The van der Waals surface area contributed by atoms with Gasteiger partial charge in [-0.1, -0.05) is 51.3 Å². The number of carbonyl (C=O) groups excluding carboxylic acids is 1. The van der Waals surface area contributed by atoms with Crippen molar-refractivity contribution in [1.29, 1.82) is 0 Å². The zero-order valence-electron chi connectivity index (χ0n) is 11.0. The summed E-state index contributed by atoms with van der Waals surface area (Å²) in [6.07, 6.45) is 0. The van der Waals surface area contributed by atoms with Crippen LogP contribution in [-0.4, -0.2) is 5.97 Å². The highest BCUT2D eigenvalue weighted by molar-refractivity contribution is 9.08. The number of carbonyl (C=O) groups is 1. The van der Waals surface area contributed by atoms with Crippen molar-refractivity contribution in [2.45, 2.75) is 12.3 Å². The van der Waals surface area contributed by atoms with Gasteiger partial charge in [0.2, 0.25) is 0 Å². The monoisotopic (exact) mass is 388 g/mol. The van der Waals surface area contributed by atoms with Gasteiger partial charge in [-0.15, -0.1) is 0 Å². The molecular formula is C15H11BrCl2O3. The second kappa shape index (κ2) is 7.16. The van der Waals surface area contributed by atoms with Crippen molar-refractivity contribution in [2.24, 2.45) is 0 Å². The van der Waals surface area contributed by atoms with E-state index in [2.05, 4.69) is 20.8 Å². The molecule has 0 bridgehead atoms. The van der Waals surface area contributed by atoms with Crippen LogP contribution in [0.2, 0.25) is 10.0 Å². The fourth-order valence-electron chi connectivity index (χ4n) is 1.75. The zero-order valence-corrected chi connectivity index (χ0v) is 14.1. The van der Waals surface area contributed by atoms with Gasteiger partial charge in [-0.05, 0) is 29.8 Å². The highest BCUT2D eigenvalue weighted by Crippen LogP contribution is 2.37. The Morgan fingerprint density at radius 2 is 1.90 bits per heavy atom. The minimum absolute atomic E-state index is 0.402. The molecule has 2 aromatic carbocycles. The molecule has 0 saturated carbocycles. The zero-order chi connectivity index (χ0) is 15.4. The Balaban J connectivity index is 2.49. The van der Waals surface area contributed by atoms with Gasteiger partial charge in [0, 0.05) is 28.4 Å². The average Bonchev–Trinajstić information content (AvgIpc) is 2.45. The van der Waals surface area contributed by atoms with Crippen molar-refractivity contribution in [3.63, 3.8) is 0 Å². The maximum Gasteiger partial charge on any atom is 0.352 e. The summed E-state index contributed by atoms with van der Waals surface area (Å²) < 4.78 is 0. The normalized spacial score (nSPS) is 10.3. The first-order valence-corrected chi connectivity index (χ1v) is 7.88. The van der Waals surface area contributed by atoms with E-state index < -0.39 is 5.97 Å². The van der Waals surface area contributed by atoms with E-state index in [1.165, 1.54) is 6.92 Å². The Morgan fingerprint density at radius 3 is 2.52 bits per heavy atom. The second-order valence-corrected chi connectivity index (χ2v) is 5.65. The molecule has 0 amide bonds. The maximum atomic E-state index is 10.9. The Hall–Kier alpha value is -1.23. The molecule has 0 saturated heterocycles. The molecule has 0 aliphatic rings. The van der Waals surface area contributed by atoms with Gasteiger partial charge in [-0.3, -0.25) is 9.78 Å². The summed E-state index contributed by atoms with van der Waals surface area (Å²) >= 11 is 15.5. The summed E-state index contributed by atoms with van der Waals surface area (Å²) in [4.78, 5) is 20.6. The molecule has 0 radical (unpaired) electrons. The topological polar surface area (TPSA) is 35.5 Å². The number of hydrogen-bond donors (Lipinski definition) is 0. The second-order valence-electron chi connectivity index (χ2n) is 4.25. The lowest BCUT2D eigenvalue weighted by atomic mass is 10.0. The van der Waals surface area contributed by atoms with E-state index in [1.54, 1.807) is 24.3 Å². The first-order chi connectivity index (χ1) is 10.0. The van der Waals surface area contributed by atoms with Gasteiger partial charge in [0.05, 0.1) is 5.02 Å². The molecule has 2 aromatic rings. The number of alkyl halides is 1. The lowest BCUT2D eigenvalue weighted by Crippen LogP contribution is -2.04. The molecule has 0 spiro atoms. The van der Waals surface area contributed by atoms with E-state index in [9.17, 15) is 4.79 Å². The van der Waals surface area contributed by atoms with Crippen molar-refractivity contribution >= 4 is 45.1 Å². The predicted octanol–water partition coefficient (Wildman–Crippen LogP) is 5.41. The van der Waals surface area contributed by atoms with Crippen molar-refractivity contribution in [3.8, 4) is 16.9 Å². The first kappa shape index (κ1) is 16.1. The molecule has 0 unspecified atom stereocenters. The van der Waals surface area contributed by atoms with Crippen LogP contribution < -0.4 is 4.89 Å². The van der Waals surface area contributed by atoms with Crippen LogP contribution in [0.4, 0.5) is 0 Å². The van der Waals surface area contributed by atoms with Crippen LogP contribution in [0.5, 0.6) is 5.75 Å². The Labute approximate surface area is 140 Å². The number of rotatable bonds is 4. The Morgan fingerprint density at radius 1 is 1.14 bits per heavy atom. The standard InChI is InChI=1S/C15H11BrCl2O3/c1-9(19)20-21-15-5-2-10(8-16)6-13(15)12-4-3-11(17)7-14(12)18/h2-7H,8H2,1H3. The van der Waals surface area contributed by atoms with E-state index in [4.69, 9.17) is 28.1 Å². The minimum Gasteiger partial charge on any atom is -0.286 e. The molecular weight excluding hydrogens is 379 g/mol. The SMILES string of the molecule is CC(=O)OOc1ccc(CBr)cc1-c1ccc(Cl)cc1Cl. The summed E-state index contributed by atoms with van der Waals surface area (Å²) in [6.45, 7) is 1.27. The van der Waals surface area contributed by atoms with Crippen molar-refractivity contribution in [1.82, 2.24) is 0 Å². The predicted molar refractivity (Wildman–Crippen MR) is 86.9 cm³/mol. The van der Waals surface area contributed by atoms with Crippen molar-refractivity contribution in [2.75, 3.05) is 0 Å². The van der Waals surface area contributed by atoms with Gasteiger partial charge >= 0.3 is 5.97 Å². The van der Waals surface area contributed by atoms with Crippen molar-refractivity contribution < 1.29 is 14.6 Å². The van der Waals surface area contributed by atoms with Crippen molar-refractivity contribution in [3.05, 3.63) is 52.0 Å². The molecule has 0 aliphatic heterocycles. The third-order valence-electron chi connectivity index (χ3n) is 2.67. The third kappa shape index (κ3) is 4.13. The summed E-state index contributed by atoms with van der Waals surface area (Å²) in [6, 6.07) is 10.7. The van der Waals surface area contributed by atoms with E-state index in [0.717, 1.165) is 16.7 Å². The van der Waals surface area contributed by atoms with E-state index in [-0.39, 0.29) is 0 Å². The molecule has 110 valence electrons. The smallest absolute Gasteiger partial charge is 0.286 e. The van der Waals surface area contributed by atoms with E-state index >= 15 is 0 Å². The molecule has 0 fully saturated rings. The lowest BCUT2D eigenvalue weighted by Gasteiger charge is -2.12. The van der Waals surface area contributed by atoms with Crippen LogP contribution in [-0.2, 0) is 15.0 Å². The number of hydrogen-bond acceptors (Lipinski definition) is 3. The third-order valence-corrected chi connectivity index (χ3v) is 3.86. The number of halogens is 3. The lowest BCUT2D eigenvalue weighted by molar-refractivity contribution is -0.210. The van der Waals surface area contributed by atoms with E-state index in [0.29, 0.717) is 21.1 Å². The quantitative estimate of drug-likeness (QED) is 0.398. The molecule has 6 heteroatoms. The first-order valence-electron chi connectivity index (χ1n) is 6.00. The van der Waals surface area contributed by atoms with Crippen LogP contribution in [0.3, 0.4) is 0 Å². The van der Waals surface area contributed by atoms with Gasteiger partial charge in [-0.2, -0.15) is 0 Å². The Bertz CT molecular complexity index is 674. The Kier molecular flexibility index (Phi) is 5.51. The molecule has 0 aromatic heterocycles. The van der Waals surface area contributed by atoms with E-state index in [1.807, 2.05) is 12.1 Å².